The van der Waals surface area contributed by atoms with E-state index in [1.165, 1.54) is 32.1 Å². The lowest BCUT2D eigenvalue weighted by atomic mass is 9.96. The first kappa shape index (κ1) is 11.6. The Morgan fingerprint density at radius 1 is 1.17 bits per heavy atom. The third-order valence-electron chi connectivity index (χ3n) is 3.83. The zero-order valence-corrected chi connectivity index (χ0v) is 10.8. The molecule has 1 fully saturated rings. The maximum absolute atomic E-state index is 5.48. The molecule has 1 aromatic rings. The third kappa shape index (κ3) is 2.22. The minimum absolute atomic E-state index is 0.333. The topological polar surface area (TPSA) is 30.8 Å². The molecular formula is C15H19NO2. The van der Waals surface area contributed by atoms with Crippen molar-refractivity contribution in [2.45, 2.75) is 45.1 Å². The van der Waals surface area contributed by atoms with Crippen LogP contribution in [-0.2, 0) is 0 Å². The molecule has 0 aromatic heterocycles. The number of hydrogen-bond donors (Lipinski definition) is 0. The number of ether oxygens (including phenoxy) is 2. The fraction of sp³-hybridized carbons (Fsp3) is 0.533. The van der Waals surface area contributed by atoms with Crippen LogP contribution in [0.3, 0.4) is 0 Å². The molecule has 1 heterocycles. The normalized spacial score (nSPS) is 19.6. The zero-order chi connectivity index (χ0) is 12.4. The summed E-state index contributed by atoms with van der Waals surface area (Å²) in [7, 11) is 0. The van der Waals surface area contributed by atoms with Crippen LogP contribution < -0.4 is 9.47 Å². The Hall–Kier alpha value is -1.51. The molecule has 18 heavy (non-hydrogen) atoms. The van der Waals surface area contributed by atoms with Crippen LogP contribution in [0.15, 0.2) is 17.1 Å². The van der Waals surface area contributed by atoms with Crippen molar-refractivity contribution in [1.29, 1.82) is 0 Å². The standard InChI is InChI=1S/C15H19NO2/c1-11-12(7-8-14-15(11)18-10-17-14)9-16-13-5-3-2-4-6-13/h7-9,13H,2-6,10H2,1H3. The van der Waals surface area contributed by atoms with Gasteiger partial charge in [-0.3, -0.25) is 4.99 Å². The molecule has 0 bridgehead atoms. The summed E-state index contributed by atoms with van der Waals surface area (Å²) in [4.78, 5) is 4.72. The second kappa shape index (κ2) is 5.01. The highest BCUT2D eigenvalue weighted by Gasteiger charge is 2.17. The van der Waals surface area contributed by atoms with Gasteiger partial charge in [-0.2, -0.15) is 0 Å². The average molecular weight is 245 g/mol. The van der Waals surface area contributed by atoms with Crippen molar-refractivity contribution in [3.8, 4) is 11.5 Å². The number of rotatable bonds is 2. The van der Waals surface area contributed by atoms with E-state index in [0.29, 0.717) is 12.8 Å². The Kier molecular flexibility index (Phi) is 3.22. The van der Waals surface area contributed by atoms with E-state index in [1.807, 2.05) is 12.3 Å². The molecule has 0 saturated heterocycles. The molecule has 0 spiro atoms. The van der Waals surface area contributed by atoms with Crippen molar-refractivity contribution in [3.05, 3.63) is 23.3 Å². The fourth-order valence-electron chi connectivity index (χ4n) is 2.68. The van der Waals surface area contributed by atoms with Gasteiger partial charge in [0.15, 0.2) is 11.5 Å². The molecule has 1 aliphatic carbocycles. The highest BCUT2D eigenvalue weighted by molar-refractivity contribution is 5.83. The minimum Gasteiger partial charge on any atom is -0.454 e. The van der Waals surface area contributed by atoms with Crippen LogP contribution in [0.2, 0.25) is 0 Å². The van der Waals surface area contributed by atoms with Gasteiger partial charge in [0.1, 0.15) is 0 Å². The molecule has 3 heteroatoms. The van der Waals surface area contributed by atoms with E-state index in [4.69, 9.17) is 14.5 Å². The molecule has 96 valence electrons. The SMILES string of the molecule is Cc1c(C=NC2CCCCC2)ccc2c1OCO2. The molecule has 1 saturated carbocycles. The van der Waals surface area contributed by atoms with Gasteiger partial charge >= 0.3 is 0 Å². The van der Waals surface area contributed by atoms with Crippen molar-refractivity contribution < 1.29 is 9.47 Å². The molecule has 1 aliphatic heterocycles. The second-order valence-electron chi connectivity index (χ2n) is 5.08. The van der Waals surface area contributed by atoms with Gasteiger partial charge in [-0.1, -0.05) is 19.3 Å². The van der Waals surface area contributed by atoms with Crippen LogP contribution in [0.25, 0.3) is 0 Å². The van der Waals surface area contributed by atoms with Crippen LogP contribution in [0, 0.1) is 6.92 Å². The number of benzene rings is 1. The summed E-state index contributed by atoms with van der Waals surface area (Å²) in [5.41, 5.74) is 2.27. The van der Waals surface area contributed by atoms with E-state index in [9.17, 15) is 0 Å². The Morgan fingerprint density at radius 2 is 2.00 bits per heavy atom. The second-order valence-corrected chi connectivity index (χ2v) is 5.08. The summed E-state index contributed by atoms with van der Waals surface area (Å²) in [6.45, 7) is 2.40. The predicted molar refractivity (Wildman–Crippen MR) is 71.8 cm³/mol. The van der Waals surface area contributed by atoms with Gasteiger partial charge < -0.3 is 9.47 Å². The van der Waals surface area contributed by atoms with Crippen LogP contribution in [-0.4, -0.2) is 19.0 Å². The Balaban J connectivity index is 1.78. The molecule has 1 aromatic carbocycles. The Bertz CT molecular complexity index is 462. The van der Waals surface area contributed by atoms with Crippen molar-refractivity contribution in [1.82, 2.24) is 0 Å². The van der Waals surface area contributed by atoms with Crippen molar-refractivity contribution >= 4 is 6.21 Å². The maximum Gasteiger partial charge on any atom is 0.231 e. The summed E-state index contributed by atoms with van der Waals surface area (Å²) in [6.07, 6.45) is 8.49. The van der Waals surface area contributed by atoms with Crippen LogP contribution in [0.5, 0.6) is 11.5 Å². The first-order chi connectivity index (χ1) is 8.84. The Morgan fingerprint density at radius 3 is 2.83 bits per heavy atom. The lowest BCUT2D eigenvalue weighted by Gasteiger charge is -2.17. The van der Waals surface area contributed by atoms with Crippen LogP contribution in [0.4, 0.5) is 0 Å². The monoisotopic (exact) mass is 245 g/mol. The summed E-state index contributed by atoms with van der Waals surface area (Å²) in [5, 5.41) is 0. The summed E-state index contributed by atoms with van der Waals surface area (Å²) in [5.74, 6) is 1.73. The van der Waals surface area contributed by atoms with Gasteiger partial charge in [-0.25, -0.2) is 0 Å². The highest BCUT2D eigenvalue weighted by atomic mass is 16.7. The molecule has 2 aliphatic rings. The van der Waals surface area contributed by atoms with E-state index in [2.05, 4.69) is 13.0 Å². The smallest absolute Gasteiger partial charge is 0.231 e. The van der Waals surface area contributed by atoms with Gasteiger partial charge in [0, 0.05) is 17.8 Å². The molecule has 3 rings (SSSR count). The molecule has 3 nitrogen and oxygen atoms in total. The summed E-state index contributed by atoms with van der Waals surface area (Å²) >= 11 is 0. The van der Waals surface area contributed by atoms with E-state index in [1.54, 1.807) is 0 Å². The molecule has 0 N–H and O–H groups in total. The molecule has 0 amide bonds. The minimum atomic E-state index is 0.333. The molecule has 0 atom stereocenters. The zero-order valence-electron chi connectivity index (χ0n) is 10.8. The number of hydrogen-bond acceptors (Lipinski definition) is 3. The largest absolute Gasteiger partial charge is 0.454 e. The van der Waals surface area contributed by atoms with Gasteiger partial charge in [0.25, 0.3) is 0 Å². The molecular weight excluding hydrogens is 226 g/mol. The number of fused-ring (bicyclic) bond motifs is 1. The maximum atomic E-state index is 5.48. The Labute approximate surface area is 108 Å². The van der Waals surface area contributed by atoms with Crippen molar-refractivity contribution in [3.63, 3.8) is 0 Å². The summed E-state index contributed by atoms with van der Waals surface area (Å²) in [6, 6.07) is 4.55. The quantitative estimate of drug-likeness (QED) is 0.747. The lowest BCUT2D eigenvalue weighted by molar-refractivity contribution is 0.173. The van der Waals surface area contributed by atoms with E-state index < -0.39 is 0 Å². The van der Waals surface area contributed by atoms with Crippen molar-refractivity contribution in [2.75, 3.05) is 6.79 Å². The van der Waals surface area contributed by atoms with E-state index >= 15 is 0 Å². The molecule has 0 radical (unpaired) electrons. The van der Waals surface area contributed by atoms with E-state index in [0.717, 1.165) is 22.6 Å². The fourth-order valence-corrected chi connectivity index (χ4v) is 2.68. The number of nitrogens with zero attached hydrogens (tertiary/aromatic N) is 1. The third-order valence-corrected chi connectivity index (χ3v) is 3.83. The first-order valence-electron chi connectivity index (χ1n) is 6.77. The van der Waals surface area contributed by atoms with Gasteiger partial charge in [-0.05, 0) is 37.5 Å². The lowest BCUT2D eigenvalue weighted by Crippen LogP contribution is -2.09. The van der Waals surface area contributed by atoms with Gasteiger partial charge in [0.2, 0.25) is 6.79 Å². The van der Waals surface area contributed by atoms with Crippen LogP contribution >= 0.6 is 0 Å². The number of aliphatic imine (C=N–C) groups is 1. The van der Waals surface area contributed by atoms with Gasteiger partial charge in [0.05, 0.1) is 0 Å². The van der Waals surface area contributed by atoms with Crippen molar-refractivity contribution in [2.24, 2.45) is 4.99 Å². The molecule has 0 unspecified atom stereocenters. The van der Waals surface area contributed by atoms with Crippen LogP contribution in [0.1, 0.15) is 43.2 Å². The predicted octanol–water partition coefficient (Wildman–Crippen LogP) is 3.48. The summed E-state index contributed by atoms with van der Waals surface area (Å²) < 4.78 is 10.8. The first-order valence-corrected chi connectivity index (χ1v) is 6.77. The van der Waals surface area contributed by atoms with Gasteiger partial charge in [-0.15, -0.1) is 0 Å². The average Bonchev–Trinajstić information content (AvgIpc) is 2.88. The highest BCUT2D eigenvalue weighted by Crippen LogP contribution is 2.36. The van der Waals surface area contributed by atoms with E-state index in [-0.39, 0.29) is 0 Å².